The van der Waals surface area contributed by atoms with Crippen molar-refractivity contribution in [2.45, 2.75) is 5.92 Å². The normalized spacial score (nSPS) is 11.6. The molecule has 2 rings (SSSR count). The summed E-state index contributed by atoms with van der Waals surface area (Å²) in [6.45, 7) is 0. The average Bonchev–Trinajstić information content (AvgIpc) is 2.56. The van der Waals surface area contributed by atoms with E-state index < -0.39 is 11.8 Å². The summed E-state index contributed by atoms with van der Waals surface area (Å²) in [7, 11) is 5.50. The molecule has 0 aliphatic rings. The summed E-state index contributed by atoms with van der Waals surface area (Å²) in [4.78, 5) is 14.1. The van der Waals surface area contributed by atoms with Gasteiger partial charge in [0.25, 0.3) is 5.91 Å². The summed E-state index contributed by atoms with van der Waals surface area (Å²) < 4.78 is 5.13. The second-order valence-corrected chi connectivity index (χ2v) is 5.17. The molecule has 0 saturated heterocycles. The van der Waals surface area contributed by atoms with Crippen LogP contribution < -0.4 is 15.1 Å². The van der Waals surface area contributed by atoms with Gasteiger partial charge in [0.15, 0.2) is 0 Å². The van der Waals surface area contributed by atoms with Crippen LogP contribution in [0, 0.1) is 0 Å². The highest BCUT2D eigenvalue weighted by molar-refractivity contribution is 5.86. The van der Waals surface area contributed by atoms with Crippen LogP contribution in [0.1, 0.15) is 17.0 Å². The van der Waals surface area contributed by atoms with E-state index >= 15 is 0 Å². The second-order valence-electron chi connectivity index (χ2n) is 5.17. The molecular weight excluding hydrogens is 280 g/mol. The van der Waals surface area contributed by atoms with Gasteiger partial charge in [-0.2, -0.15) is 0 Å². The van der Waals surface area contributed by atoms with E-state index in [0.29, 0.717) is 0 Å². The molecule has 5 nitrogen and oxygen atoms in total. The Morgan fingerprint density at radius 1 is 1.05 bits per heavy atom. The zero-order chi connectivity index (χ0) is 16.1. The first-order valence-corrected chi connectivity index (χ1v) is 6.92. The number of nitrogens with zero attached hydrogens (tertiary/aromatic N) is 1. The molecule has 0 aromatic heterocycles. The minimum atomic E-state index is -0.577. The van der Waals surface area contributed by atoms with E-state index in [2.05, 4.69) is 0 Å². The summed E-state index contributed by atoms with van der Waals surface area (Å²) in [5.41, 5.74) is 4.38. The molecule has 0 spiro atoms. The number of amides is 1. The highest BCUT2D eigenvalue weighted by Gasteiger charge is 2.22. The minimum absolute atomic E-state index is 0.470. The van der Waals surface area contributed by atoms with Crippen LogP contribution in [0.5, 0.6) is 5.75 Å². The maximum Gasteiger partial charge on any atom is 0.255 e. The van der Waals surface area contributed by atoms with E-state index in [0.717, 1.165) is 22.6 Å². The molecule has 0 aliphatic carbocycles. The van der Waals surface area contributed by atoms with Crippen LogP contribution >= 0.6 is 0 Å². The predicted molar refractivity (Wildman–Crippen MR) is 85.5 cm³/mol. The Morgan fingerprint density at radius 3 is 1.95 bits per heavy atom. The zero-order valence-electron chi connectivity index (χ0n) is 12.9. The van der Waals surface area contributed by atoms with Crippen molar-refractivity contribution in [1.82, 2.24) is 5.48 Å². The summed E-state index contributed by atoms with van der Waals surface area (Å²) in [5, 5.41) is 9.04. The Bertz CT molecular complexity index is 621. The molecule has 1 amide bonds. The number of methoxy groups -OCH3 is 1. The van der Waals surface area contributed by atoms with Gasteiger partial charge in [0.05, 0.1) is 13.0 Å². The molecule has 1 unspecified atom stereocenters. The first kappa shape index (κ1) is 15.9. The lowest BCUT2D eigenvalue weighted by Crippen LogP contribution is -2.27. The molecule has 22 heavy (non-hydrogen) atoms. The number of hydrogen-bond acceptors (Lipinski definition) is 4. The van der Waals surface area contributed by atoms with Gasteiger partial charge in [-0.25, -0.2) is 5.48 Å². The number of carbonyl (C=O) groups is 1. The van der Waals surface area contributed by atoms with E-state index in [9.17, 15) is 4.79 Å². The molecule has 2 N–H and O–H groups in total. The van der Waals surface area contributed by atoms with Gasteiger partial charge in [0, 0.05) is 19.8 Å². The van der Waals surface area contributed by atoms with Gasteiger partial charge in [0.2, 0.25) is 0 Å². The summed E-state index contributed by atoms with van der Waals surface area (Å²) in [5.74, 6) is -0.329. The lowest BCUT2D eigenvalue weighted by molar-refractivity contribution is -0.129. The molecule has 0 bridgehead atoms. The molecule has 0 aliphatic heterocycles. The van der Waals surface area contributed by atoms with E-state index in [1.807, 2.05) is 55.4 Å². The van der Waals surface area contributed by atoms with Gasteiger partial charge >= 0.3 is 0 Å². The molecule has 0 radical (unpaired) electrons. The number of carbonyl (C=O) groups excluding carboxylic acids is 1. The van der Waals surface area contributed by atoms with Crippen molar-refractivity contribution >= 4 is 11.6 Å². The highest BCUT2D eigenvalue weighted by atomic mass is 16.5. The predicted octanol–water partition coefficient (Wildman–Crippen LogP) is 2.40. The highest BCUT2D eigenvalue weighted by Crippen LogP contribution is 2.28. The number of hydroxylamine groups is 1. The maximum atomic E-state index is 12.1. The van der Waals surface area contributed by atoms with Crippen LogP contribution in [0.3, 0.4) is 0 Å². The van der Waals surface area contributed by atoms with Gasteiger partial charge in [-0.3, -0.25) is 10.0 Å². The van der Waals surface area contributed by atoms with E-state index in [1.165, 1.54) is 0 Å². The number of anilines is 1. The molecule has 0 fully saturated rings. The summed E-state index contributed by atoms with van der Waals surface area (Å²) in [6, 6.07) is 14.9. The van der Waals surface area contributed by atoms with Crippen molar-refractivity contribution in [1.29, 1.82) is 0 Å². The third-order valence-electron chi connectivity index (χ3n) is 3.56. The van der Waals surface area contributed by atoms with Gasteiger partial charge < -0.3 is 9.64 Å². The van der Waals surface area contributed by atoms with Gasteiger partial charge in [0.1, 0.15) is 5.75 Å². The summed E-state index contributed by atoms with van der Waals surface area (Å²) >= 11 is 0. The largest absolute Gasteiger partial charge is 0.497 e. The van der Waals surface area contributed by atoms with Crippen LogP contribution in [0.2, 0.25) is 0 Å². The maximum absolute atomic E-state index is 12.1. The van der Waals surface area contributed by atoms with Crippen LogP contribution in [-0.4, -0.2) is 32.3 Å². The quantitative estimate of drug-likeness (QED) is 0.657. The smallest absolute Gasteiger partial charge is 0.255 e. The fourth-order valence-electron chi connectivity index (χ4n) is 2.32. The van der Waals surface area contributed by atoms with Crippen molar-refractivity contribution in [2.24, 2.45) is 0 Å². The molecule has 2 aromatic carbocycles. The van der Waals surface area contributed by atoms with Crippen molar-refractivity contribution in [3.8, 4) is 5.75 Å². The van der Waals surface area contributed by atoms with Gasteiger partial charge in [-0.05, 0) is 35.4 Å². The van der Waals surface area contributed by atoms with Crippen LogP contribution in [0.4, 0.5) is 5.69 Å². The Labute approximate surface area is 130 Å². The first-order chi connectivity index (χ1) is 10.6. The van der Waals surface area contributed by atoms with E-state index in [1.54, 1.807) is 24.7 Å². The molecule has 1 atom stereocenters. The van der Waals surface area contributed by atoms with Crippen molar-refractivity contribution < 1.29 is 14.7 Å². The molecule has 0 saturated carbocycles. The minimum Gasteiger partial charge on any atom is -0.497 e. The topological polar surface area (TPSA) is 61.8 Å². The van der Waals surface area contributed by atoms with E-state index in [-0.39, 0.29) is 0 Å². The Kier molecular flexibility index (Phi) is 5.01. The number of nitrogens with one attached hydrogen (secondary N) is 1. The lowest BCUT2D eigenvalue weighted by atomic mass is 9.90. The number of ether oxygens (including phenoxy) is 1. The molecule has 5 heteroatoms. The second kappa shape index (κ2) is 6.95. The number of hydrogen-bond donors (Lipinski definition) is 2. The van der Waals surface area contributed by atoms with Crippen LogP contribution in [0.25, 0.3) is 0 Å². The zero-order valence-corrected chi connectivity index (χ0v) is 12.9. The molecule has 116 valence electrons. The Hall–Kier alpha value is -2.53. The molecule has 2 aromatic rings. The third kappa shape index (κ3) is 3.38. The summed E-state index contributed by atoms with van der Waals surface area (Å²) in [6.07, 6.45) is 0. The first-order valence-electron chi connectivity index (χ1n) is 6.92. The molecular formula is C17H20N2O3. The van der Waals surface area contributed by atoms with Crippen molar-refractivity contribution in [3.05, 3.63) is 59.7 Å². The Morgan fingerprint density at radius 2 is 1.55 bits per heavy atom. The average molecular weight is 300 g/mol. The van der Waals surface area contributed by atoms with Gasteiger partial charge in [-0.1, -0.05) is 24.3 Å². The third-order valence-corrected chi connectivity index (χ3v) is 3.56. The van der Waals surface area contributed by atoms with Crippen molar-refractivity contribution in [3.63, 3.8) is 0 Å². The fraction of sp³-hybridized carbons (Fsp3) is 0.235. The fourth-order valence-corrected chi connectivity index (χ4v) is 2.32. The van der Waals surface area contributed by atoms with Crippen LogP contribution in [0.15, 0.2) is 48.5 Å². The SMILES string of the molecule is COc1ccc(C(C(=O)NO)c2ccc(N(C)C)cc2)cc1. The Balaban J connectivity index is 2.38. The van der Waals surface area contributed by atoms with E-state index in [4.69, 9.17) is 9.94 Å². The molecule has 0 heterocycles. The van der Waals surface area contributed by atoms with Crippen molar-refractivity contribution in [2.75, 3.05) is 26.1 Å². The monoisotopic (exact) mass is 300 g/mol. The van der Waals surface area contributed by atoms with Gasteiger partial charge in [-0.15, -0.1) is 0 Å². The number of rotatable bonds is 5. The standard InChI is InChI=1S/C17H20N2O3/c1-19(2)14-8-4-12(5-9-14)16(17(20)18-21)13-6-10-15(22-3)11-7-13/h4-11,16,21H,1-3H3,(H,18,20). The number of benzene rings is 2. The van der Waals surface area contributed by atoms with Crippen LogP contribution in [-0.2, 0) is 4.79 Å². The lowest BCUT2D eigenvalue weighted by Gasteiger charge is -2.18.